The van der Waals surface area contributed by atoms with Gasteiger partial charge in [-0.15, -0.1) is 0 Å². The standard InChI is InChI=1S/C21H21N3OS/c25-21(20-10-7-17-3-1-2-4-19(17)23-20)22-15-16-5-8-18(9-6-16)24-11-13-26-14-12-24/h1-10H,11-15H2,(H,22,25). The van der Waals surface area contributed by atoms with E-state index in [1.807, 2.05) is 42.1 Å². The molecule has 0 atom stereocenters. The fourth-order valence-corrected chi connectivity index (χ4v) is 4.01. The molecular weight excluding hydrogens is 342 g/mol. The van der Waals surface area contributed by atoms with Crippen LogP contribution in [-0.4, -0.2) is 35.5 Å². The van der Waals surface area contributed by atoms with Gasteiger partial charge in [-0.1, -0.05) is 36.4 Å². The van der Waals surface area contributed by atoms with Gasteiger partial charge in [0.05, 0.1) is 5.52 Å². The number of fused-ring (bicyclic) bond motifs is 1. The topological polar surface area (TPSA) is 45.2 Å². The number of nitrogens with zero attached hydrogens (tertiary/aromatic N) is 2. The van der Waals surface area contributed by atoms with E-state index >= 15 is 0 Å². The molecule has 26 heavy (non-hydrogen) atoms. The molecule has 132 valence electrons. The van der Waals surface area contributed by atoms with E-state index in [0.29, 0.717) is 12.2 Å². The number of benzene rings is 2. The highest BCUT2D eigenvalue weighted by Gasteiger charge is 2.11. The highest BCUT2D eigenvalue weighted by atomic mass is 32.2. The van der Waals surface area contributed by atoms with E-state index in [4.69, 9.17) is 0 Å². The summed E-state index contributed by atoms with van der Waals surface area (Å²) in [5.41, 5.74) is 3.64. The molecule has 0 radical (unpaired) electrons. The maximum Gasteiger partial charge on any atom is 0.270 e. The number of aromatic nitrogens is 1. The lowest BCUT2D eigenvalue weighted by molar-refractivity contribution is 0.0946. The summed E-state index contributed by atoms with van der Waals surface area (Å²) in [6.45, 7) is 2.71. The molecule has 4 nitrogen and oxygen atoms in total. The molecule has 0 aliphatic carbocycles. The summed E-state index contributed by atoms with van der Waals surface area (Å²) in [6, 6.07) is 20.0. The van der Waals surface area contributed by atoms with Gasteiger partial charge < -0.3 is 10.2 Å². The van der Waals surface area contributed by atoms with Crippen LogP contribution in [0.1, 0.15) is 16.1 Å². The molecule has 1 aliphatic rings. The fourth-order valence-electron chi connectivity index (χ4n) is 3.11. The summed E-state index contributed by atoms with van der Waals surface area (Å²) in [6.07, 6.45) is 0. The van der Waals surface area contributed by atoms with Gasteiger partial charge in [-0.3, -0.25) is 4.79 Å². The predicted octanol–water partition coefficient (Wildman–Crippen LogP) is 3.72. The van der Waals surface area contributed by atoms with Crippen molar-refractivity contribution in [1.29, 1.82) is 0 Å². The lowest BCUT2D eigenvalue weighted by Gasteiger charge is -2.28. The van der Waals surface area contributed by atoms with Gasteiger partial charge in [0.1, 0.15) is 5.69 Å². The fraction of sp³-hybridized carbons (Fsp3) is 0.238. The van der Waals surface area contributed by atoms with Gasteiger partial charge in [-0.05, 0) is 29.8 Å². The zero-order valence-electron chi connectivity index (χ0n) is 14.5. The van der Waals surface area contributed by atoms with Crippen LogP contribution >= 0.6 is 11.8 Å². The molecule has 0 saturated carbocycles. The SMILES string of the molecule is O=C(NCc1ccc(N2CCSCC2)cc1)c1ccc2ccccc2n1. The molecule has 0 spiro atoms. The number of hydrogen-bond donors (Lipinski definition) is 1. The quantitative estimate of drug-likeness (QED) is 0.767. The second-order valence-electron chi connectivity index (χ2n) is 6.34. The molecule has 5 heteroatoms. The van der Waals surface area contributed by atoms with Crippen LogP contribution in [0, 0.1) is 0 Å². The van der Waals surface area contributed by atoms with E-state index in [2.05, 4.69) is 39.5 Å². The average Bonchev–Trinajstić information content (AvgIpc) is 2.72. The van der Waals surface area contributed by atoms with Crippen molar-refractivity contribution in [1.82, 2.24) is 10.3 Å². The van der Waals surface area contributed by atoms with E-state index in [-0.39, 0.29) is 5.91 Å². The number of amides is 1. The molecule has 4 rings (SSSR count). The molecule has 2 aromatic carbocycles. The number of thioether (sulfide) groups is 1. The van der Waals surface area contributed by atoms with Crippen molar-refractivity contribution in [2.45, 2.75) is 6.54 Å². The molecule has 1 fully saturated rings. The first-order valence-electron chi connectivity index (χ1n) is 8.85. The first-order chi connectivity index (χ1) is 12.8. The summed E-state index contributed by atoms with van der Waals surface area (Å²) < 4.78 is 0. The van der Waals surface area contributed by atoms with Crippen LogP contribution in [0.2, 0.25) is 0 Å². The van der Waals surface area contributed by atoms with Crippen molar-refractivity contribution in [3.8, 4) is 0 Å². The van der Waals surface area contributed by atoms with Crippen LogP contribution in [0.15, 0.2) is 60.7 Å². The van der Waals surface area contributed by atoms with Gasteiger partial charge in [-0.2, -0.15) is 11.8 Å². The minimum Gasteiger partial charge on any atom is -0.370 e. The first-order valence-corrected chi connectivity index (χ1v) is 10.0. The number of carbonyl (C=O) groups is 1. The lowest BCUT2D eigenvalue weighted by atomic mass is 10.1. The Labute approximate surface area is 157 Å². The average molecular weight is 363 g/mol. The second kappa shape index (κ2) is 7.79. The Hall–Kier alpha value is -2.53. The Balaban J connectivity index is 1.38. The number of carbonyl (C=O) groups excluding carboxylic acids is 1. The van der Waals surface area contributed by atoms with Gasteiger partial charge >= 0.3 is 0 Å². The van der Waals surface area contributed by atoms with Crippen LogP contribution < -0.4 is 10.2 Å². The Bertz CT molecular complexity index is 905. The van der Waals surface area contributed by atoms with Crippen LogP contribution in [0.4, 0.5) is 5.69 Å². The summed E-state index contributed by atoms with van der Waals surface area (Å²) in [7, 11) is 0. The van der Waals surface area contributed by atoms with E-state index in [1.54, 1.807) is 6.07 Å². The smallest absolute Gasteiger partial charge is 0.270 e. The van der Waals surface area contributed by atoms with E-state index < -0.39 is 0 Å². The van der Waals surface area contributed by atoms with Crippen molar-refractivity contribution in [2.75, 3.05) is 29.5 Å². The van der Waals surface area contributed by atoms with E-state index in [1.165, 1.54) is 17.2 Å². The third-order valence-electron chi connectivity index (χ3n) is 4.60. The molecule has 1 aromatic heterocycles. The predicted molar refractivity (Wildman–Crippen MR) is 109 cm³/mol. The molecule has 2 heterocycles. The van der Waals surface area contributed by atoms with E-state index in [0.717, 1.165) is 29.6 Å². The number of hydrogen-bond acceptors (Lipinski definition) is 4. The maximum absolute atomic E-state index is 12.4. The number of pyridine rings is 1. The Morgan fingerprint density at radius 1 is 1.00 bits per heavy atom. The number of nitrogens with one attached hydrogen (secondary N) is 1. The molecule has 3 aromatic rings. The Morgan fingerprint density at radius 3 is 2.58 bits per heavy atom. The minimum absolute atomic E-state index is 0.145. The van der Waals surface area contributed by atoms with Crippen molar-refractivity contribution >= 4 is 34.3 Å². The molecule has 1 aliphatic heterocycles. The maximum atomic E-state index is 12.4. The summed E-state index contributed by atoms with van der Waals surface area (Å²) in [5.74, 6) is 2.24. The lowest BCUT2D eigenvalue weighted by Crippen LogP contribution is -2.32. The molecule has 0 bridgehead atoms. The highest BCUT2D eigenvalue weighted by molar-refractivity contribution is 7.99. The minimum atomic E-state index is -0.145. The van der Waals surface area contributed by atoms with Gasteiger partial charge in [-0.25, -0.2) is 4.98 Å². The molecule has 0 unspecified atom stereocenters. The zero-order valence-corrected chi connectivity index (χ0v) is 15.3. The van der Waals surface area contributed by atoms with E-state index in [9.17, 15) is 4.79 Å². The largest absolute Gasteiger partial charge is 0.370 e. The van der Waals surface area contributed by atoms with Crippen LogP contribution in [0.5, 0.6) is 0 Å². The highest BCUT2D eigenvalue weighted by Crippen LogP contribution is 2.20. The third-order valence-corrected chi connectivity index (χ3v) is 5.54. The Morgan fingerprint density at radius 2 is 1.77 bits per heavy atom. The molecule has 1 saturated heterocycles. The molecular formula is C21H21N3OS. The van der Waals surface area contributed by atoms with Crippen molar-refractivity contribution in [3.63, 3.8) is 0 Å². The van der Waals surface area contributed by atoms with Gasteiger partial charge in [0.2, 0.25) is 0 Å². The summed E-state index contributed by atoms with van der Waals surface area (Å²) >= 11 is 2.01. The van der Waals surface area contributed by atoms with Gasteiger partial charge in [0.15, 0.2) is 0 Å². The summed E-state index contributed by atoms with van der Waals surface area (Å²) in [5, 5.41) is 4.00. The monoisotopic (exact) mass is 363 g/mol. The summed E-state index contributed by atoms with van der Waals surface area (Å²) in [4.78, 5) is 19.2. The third kappa shape index (κ3) is 3.83. The number of rotatable bonds is 4. The van der Waals surface area contributed by atoms with Crippen molar-refractivity contribution in [2.24, 2.45) is 0 Å². The first kappa shape index (κ1) is 16.9. The van der Waals surface area contributed by atoms with Crippen LogP contribution in [0.25, 0.3) is 10.9 Å². The van der Waals surface area contributed by atoms with Gasteiger partial charge in [0.25, 0.3) is 5.91 Å². The van der Waals surface area contributed by atoms with Crippen LogP contribution in [0.3, 0.4) is 0 Å². The molecule has 1 amide bonds. The number of para-hydroxylation sites is 1. The molecule has 1 N–H and O–H groups in total. The second-order valence-corrected chi connectivity index (χ2v) is 7.56. The normalized spacial score (nSPS) is 14.4. The van der Waals surface area contributed by atoms with Crippen molar-refractivity contribution < 1.29 is 4.79 Å². The van der Waals surface area contributed by atoms with Crippen LogP contribution in [-0.2, 0) is 6.54 Å². The zero-order chi connectivity index (χ0) is 17.8. The number of anilines is 1. The Kier molecular flexibility index (Phi) is 5.07. The van der Waals surface area contributed by atoms with Gasteiger partial charge in [0, 0.05) is 42.2 Å². The van der Waals surface area contributed by atoms with Crippen molar-refractivity contribution in [3.05, 3.63) is 71.9 Å².